The summed E-state index contributed by atoms with van der Waals surface area (Å²) in [4.78, 5) is 11.8. The van der Waals surface area contributed by atoms with E-state index in [1.165, 1.54) is 24.3 Å². The van der Waals surface area contributed by atoms with Crippen molar-refractivity contribution in [3.8, 4) is 17.2 Å². The SMILES string of the molecule is COC1CNCC(C(=O)NC(C#N)Cc2ccc(-c3ccc(S(F)(F)F)cc3)cc2F)OC1. The Kier molecular flexibility index (Phi) is 8.31. The molecule has 0 saturated carbocycles. The molecule has 2 aromatic rings. The number of rotatable bonds is 7. The van der Waals surface area contributed by atoms with Crippen LogP contribution in [0.4, 0.5) is 16.0 Å². The minimum atomic E-state index is -5.32. The predicted octanol–water partition coefficient (Wildman–Crippen LogP) is 3.86. The Morgan fingerprint density at radius 1 is 1.24 bits per heavy atom. The smallest absolute Gasteiger partial charge is 0.251 e. The molecule has 0 aromatic heterocycles. The van der Waals surface area contributed by atoms with E-state index in [0.717, 1.165) is 12.1 Å². The zero-order valence-corrected chi connectivity index (χ0v) is 18.5. The van der Waals surface area contributed by atoms with Gasteiger partial charge in [-0.3, -0.25) is 4.79 Å². The summed E-state index contributed by atoms with van der Waals surface area (Å²) in [7, 11) is 1.54. The molecule has 33 heavy (non-hydrogen) atoms. The highest BCUT2D eigenvalue weighted by molar-refractivity contribution is 8.20. The van der Waals surface area contributed by atoms with Crippen LogP contribution in [0.25, 0.3) is 11.1 Å². The largest absolute Gasteiger partial charge is 0.378 e. The fourth-order valence-electron chi connectivity index (χ4n) is 3.34. The van der Waals surface area contributed by atoms with Crippen LogP contribution in [0.15, 0.2) is 47.4 Å². The van der Waals surface area contributed by atoms with Crippen molar-refractivity contribution in [1.82, 2.24) is 10.6 Å². The van der Waals surface area contributed by atoms with Gasteiger partial charge in [0.25, 0.3) is 5.91 Å². The first-order valence-corrected chi connectivity index (χ1v) is 11.4. The normalized spacial score (nSPS) is 20.4. The molecular weight excluding hydrogens is 462 g/mol. The molecule has 0 aliphatic carbocycles. The summed E-state index contributed by atoms with van der Waals surface area (Å²) in [6.07, 6.45) is -1.08. The number of benzene rings is 2. The molecule has 6 nitrogen and oxygen atoms in total. The molecule has 3 atom stereocenters. The van der Waals surface area contributed by atoms with Crippen molar-refractivity contribution in [2.24, 2.45) is 0 Å². The molecule has 1 aliphatic heterocycles. The zero-order valence-electron chi connectivity index (χ0n) is 17.7. The van der Waals surface area contributed by atoms with Gasteiger partial charge in [0.15, 0.2) is 0 Å². The minimum absolute atomic E-state index is 0.0778. The number of hydrogen-bond acceptors (Lipinski definition) is 5. The first kappa shape index (κ1) is 25.0. The molecular formula is C22H23F4N3O3S. The Morgan fingerprint density at radius 3 is 2.55 bits per heavy atom. The molecule has 3 unspecified atom stereocenters. The van der Waals surface area contributed by atoms with Gasteiger partial charge < -0.3 is 20.1 Å². The molecule has 0 radical (unpaired) electrons. The van der Waals surface area contributed by atoms with Crippen molar-refractivity contribution in [2.45, 2.75) is 29.6 Å². The Balaban J connectivity index is 1.64. The molecule has 1 heterocycles. The van der Waals surface area contributed by atoms with E-state index in [-0.39, 0.29) is 31.2 Å². The quantitative estimate of drug-likeness (QED) is 0.582. The van der Waals surface area contributed by atoms with Gasteiger partial charge in [0, 0.05) is 26.6 Å². The summed E-state index contributed by atoms with van der Waals surface area (Å²) in [6, 6.07) is 9.69. The predicted molar refractivity (Wildman–Crippen MR) is 116 cm³/mol. The highest BCUT2D eigenvalue weighted by Crippen LogP contribution is 2.60. The molecule has 0 bridgehead atoms. The number of nitrogens with zero attached hydrogens (tertiary/aromatic N) is 1. The van der Waals surface area contributed by atoms with Gasteiger partial charge in [-0.1, -0.05) is 24.3 Å². The van der Waals surface area contributed by atoms with Crippen molar-refractivity contribution in [1.29, 1.82) is 5.26 Å². The number of hydrogen-bond donors (Lipinski definition) is 2. The van der Waals surface area contributed by atoms with Crippen molar-refractivity contribution in [2.75, 3.05) is 26.8 Å². The number of nitriles is 1. The van der Waals surface area contributed by atoms with E-state index < -0.39 is 40.0 Å². The first-order chi connectivity index (χ1) is 15.7. The average molecular weight is 486 g/mol. The molecule has 1 amide bonds. The van der Waals surface area contributed by atoms with E-state index in [1.807, 2.05) is 6.07 Å². The van der Waals surface area contributed by atoms with Crippen LogP contribution in [-0.2, 0) is 20.7 Å². The van der Waals surface area contributed by atoms with Crippen LogP contribution in [0, 0.1) is 17.1 Å². The number of carbonyl (C=O) groups is 1. The number of carbonyl (C=O) groups excluding carboxylic acids is 1. The maximum Gasteiger partial charge on any atom is 0.251 e. The maximum atomic E-state index is 14.7. The zero-order chi connectivity index (χ0) is 24.0. The molecule has 1 saturated heterocycles. The van der Waals surface area contributed by atoms with Gasteiger partial charge in [-0.2, -0.15) is 5.26 Å². The topological polar surface area (TPSA) is 83.4 Å². The summed E-state index contributed by atoms with van der Waals surface area (Å²) in [5.41, 5.74) is 1.04. The highest BCUT2D eigenvalue weighted by atomic mass is 32.3. The van der Waals surface area contributed by atoms with Crippen molar-refractivity contribution >= 4 is 17.1 Å². The van der Waals surface area contributed by atoms with E-state index in [2.05, 4.69) is 10.6 Å². The number of amides is 1. The number of nitrogens with one attached hydrogen (secondary N) is 2. The molecule has 1 fully saturated rings. The van der Waals surface area contributed by atoms with Crippen molar-refractivity contribution in [3.05, 3.63) is 53.8 Å². The van der Waals surface area contributed by atoms with Crippen LogP contribution in [0.5, 0.6) is 0 Å². The molecule has 11 heteroatoms. The third-order valence-corrected chi connectivity index (χ3v) is 6.02. The lowest BCUT2D eigenvalue weighted by Gasteiger charge is -2.18. The lowest BCUT2D eigenvalue weighted by atomic mass is 10.00. The Hall–Kier alpha value is -2.65. The third-order valence-electron chi connectivity index (χ3n) is 5.22. The Bertz CT molecular complexity index is 1010. The van der Waals surface area contributed by atoms with Gasteiger partial charge >= 0.3 is 0 Å². The number of methoxy groups -OCH3 is 1. The molecule has 0 spiro atoms. The standard InChI is InChI=1S/C22H23F4N3O3S/c1-31-18-11-28-12-21(32-13-18)22(30)29-17(10-27)8-16-3-2-15(9-20(16)23)14-4-6-19(7-5-14)33(24,25)26/h2-7,9,17-18,21,28H,8,11-13H2,1H3,(H,29,30). The van der Waals surface area contributed by atoms with Gasteiger partial charge in [-0.05, 0) is 34.9 Å². The van der Waals surface area contributed by atoms with Crippen LogP contribution in [0.3, 0.4) is 0 Å². The molecule has 1 aliphatic rings. The van der Waals surface area contributed by atoms with Crippen LogP contribution in [-0.4, -0.2) is 51.0 Å². The third kappa shape index (κ3) is 6.68. The van der Waals surface area contributed by atoms with E-state index >= 15 is 0 Å². The van der Waals surface area contributed by atoms with Crippen LogP contribution in [0.2, 0.25) is 0 Å². The monoisotopic (exact) mass is 485 g/mol. The van der Waals surface area contributed by atoms with Crippen molar-refractivity contribution in [3.63, 3.8) is 0 Å². The Labute approximate surface area is 191 Å². The summed E-state index contributed by atoms with van der Waals surface area (Å²) in [5.74, 6) is -1.11. The molecule has 2 aromatic carbocycles. The lowest BCUT2D eigenvalue weighted by Crippen LogP contribution is -2.46. The maximum absolute atomic E-state index is 14.7. The second-order valence-corrected chi connectivity index (χ2v) is 8.75. The number of ether oxygens (including phenoxy) is 2. The fraction of sp³-hybridized carbons (Fsp3) is 0.364. The van der Waals surface area contributed by atoms with Gasteiger partial charge in [-0.15, -0.1) is 11.7 Å². The fourth-order valence-corrected chi connectivity index (χ4v) is 3.79. The number of halogens is 4. The average Bonchev–Trinajstić information content (AvgIpc) is 3.05. The molecule has 3 rings (SSSR count). The summed E-state index contributed by atoms with van der Waals surface area (Å²) in [6.45, 7) is 1.00. The van der Waals surface area contributed by atoms with E-state index in [9.17, 15) is 26.1 Å². The first-order valence-electron chi connectivity index (χ1n) is 10.1. The van der Waals surface area contributed by atoms with Crippen LogP contribution in [0.1, 0.15) is 5.56 Å². The second kappa shape index (κ2) is 11.0. The molecule has 2 N–H and O–H groups in total. The second-order valence-electron chi connectivity index (χ2n) is 7.47. The van der Waals surface area contributed by atoms with E-state index in [4.69, 9.17) is 9.47 Å². The molecule has 178 valence electrons. The van der Waals surface area contributed by atoms with Gasteiger partial charge in [-0.25, -0.2) is 4.39 Å². The summed E-state index contributed by atoms with van der Waals surface area (Å²) >= 11 is -5.32. The van der Waals surface area contributed by atoms with Gasteiger partial charge in [0.05, 0.1) is 23.7 Å². The van der Waals surface area contributed by atoms with E-state index in [0.29, 0.717) is 17.7 Å². The lowest BCUT2D eigenvalue weighted by molar-refractivity contribution is -0.133. The van der Waals surface area contributed by atoms with Gasteiger partial charge in [0.2, 0.25) is 11.2 Å². The summed E-state index contributed by atoms with van der Waals surface area (Å²) in [5, 5.41) is 15.0. The van der Waals surface area contributed by atoms with E-state index in [1.54, 1.807) is 13.2 Å². The van der Waals surface area contributed by atoms with Crippen molar-refractivity contribution < 1.29 is 30.3 Å². The van der Waals surface area contributed by atoms with Crippen LogP contribution >= 0.6 is 11.2 Å². The summed E-state index contributed by atoms with van der Waals surface area (Å²) < 4.78 is 63.8. The van der Waals surface area contributed by atoms with Crippen LogP contribution < -0.4 is 10.6 Å². The highest BCUT2D eigenvalue weighted by Gasteiger charge is 2.27. The minimum Gasteiger partial charge on any atom is -0.378 e. The van der Waals surface area contributed by atoms with Gasteiger partial charge in [0.1, 0.15) is 18.0 Å². The Morgan fingerprint density at radius 2 is 1.94 bits per heavy atom.